The van der Waals surface area contributed by atoms with Gasteiger partial charge in [-0.25, -0.2) is 18.1 Å². The van der Waals surface area contributed by atoms with E-state index in [0.29, 0.717) is 17.0 Å². The topological polar surface area (TPSA) is 97.9 Å². The quantitative estimate of drug-likeness (QED) is 0.500. The van der Waals surface area contributed by atoms with E-state index in [1.807, 2.05) is 18.2 Å². The van der Waals surface area contributed by atoms with Crippen LogP contribution in [0.4, 0.5) is 11.4 Å². The number of nitrogens with one attached hydrogen (secondary N) is 1. The van der Waals surface area contributed by atoms with Gasteiger partial charge in [0, 0.05) is 43.5 Å². The number of aryl methyl sites for hydroxylation is 1. The van der Waals surface area contributed by atoms with Gasteiger partial charge in [0.2, 0.25) is 0 Å². The number of piperidine rings is 1. The number of fused-ring (bicyclic) bond motifs is 1. The predicted octanol–water partition coefficient (Wildman–Crippen LogP) is 3.19. The van der Waals surface area contributed by atoms with Crippen LogP contribution in [0.3, 0.4) is 0 Å². The zero-order valence-corrected chi connectivity index (χ0v) is 18.8. The third kappa shape index (κ3) is 3.81. The normalized spacial score (nSPS) is 15.4. The van der Waals surface area contributed by atoms with Crippen LogP contribution in [0.15, 0.2) is 60.0 Å². The largest absolute Gasteiger partial charge is 0.371 e. The summed E-state index contributed by atoms with van der Waals surface area (Å²) in [6.07, 6.45) is 8.58. The van der Waals surface area contributed by atoms with Crippen molar-refractivity contribution in [1.82, 2.24) is 24.5 Å². The summed E-state index contributed by atoms with van der Waals surface area (Å²) in [5.74, 6) is 1.33. The molecule has 10 heteroatoms. The van der Waals surface area contributed by atoms with Gasteiger partial charge in [0.1, 0.15) is 4.90 Å². The fourth-order valence-corrected chi connectivity index (χ4v) is 5.08. The first kappa shape index (κ1) is 20.5. The van der Waals surface area contributed by atoms with Crippen LogP contribution in [0.2, 0.25) is 0 Å². The second-order valence-corrected chi connectivity index (χ2v) is 9.96. The highest BCUT2D eigenvalue weighted by Crippen LogP contribution is 2.26. The molecule has 4 heterocycles. The molecule has 1 aliphatic rings. The van der Waals surface area contributed by atoms with Crippen LogP contribution < -0.4 is 9.62 Å². The molecule has 0 saturated carbocycles. The van der Waals surface area contributed by atoms with Crippen LogP contribution in [0.25, 0.3) is 16.7 Å². The van der Waals surface area contributed by atoms with Crippen molar-refractivity contribution in [3.8, 4) is 5.82 Å². The molecule has 9 nitrogen and oxygen atoms in total. The Morgan fingerprint density at radius 2 is 1.91 bits per heavy atom. The molecule has 1 fully saturated rings. The van der Waals surface area contributed by atoms with Crippen LogP contribution in [0, 0.1) is 5.92 Å². The van der Waals surface area contributed by atoms with E-state index in [9.17, 15) is 8.42 Å². The van der Waals surface area contributed by atoms with E-state index < -0.39 is 10.0 Å². The van der Waals surface area contributed by atoms with E-state index >= 15 is 0 Å². The molecule has 0 aliphatic carbocycles. The maximum absolute atomic E-state index is 13.0. The van der Waals surface area contributed by atoms with Crippen LogP contribution in [0.1, 0.15) is 19.8 Å². The molecule has 0 bridgehead atoms. The van der Waals surface area contributed by atoms with Crippen molar-refractivity contribution in [1.29, 1.82) is 0 Å². The molecule has 0 radical (unpaired) electrons. The molecule has 1 saturated heterocycles. The van der Waals surface area contributed by atoms with Gasteiger partial charge >= 0.3 is 0 Å². The third-order valence-electron chi connectivity index (χ3n) is 5.99. The highest BCUT2D eigenvalue weighted by molar-refractivity contribution is 7.92. The van der Waals surface area contributed by atoms with Crippen LogP contribution in [-0.4, -0.2) is 46.1 Å². The zero-order chi connectivity index (χ0) is 22.3. The first-order valence-electron chi connectivity index (χ1n) is 10.6. The summed E-state index contributed by atoms with van der Waals surface area (Å²) in [7, 11) is -2.06. The average molecular weight is 452 g/mol. The molecule has 5 rings (SSSR count). The lowest BCUT2D eigenvalue weighted by molar-refractivity contribution is 0.438. The second-order valence-electron chi connectivity index (χ2n) is 8.28. The molecule has 0 unspecified atom stereocenters. The smallest absolute Gasteiger partial charge is 0.265 e. The number of para-hydroxylation sites is 1. The van der Waals surface area contributed by atoms with Crippen molar-refractivity contribution in [2.75, 3.05) is 22.7 Å². The minimum absolute atomic E-state index is 0.0654. The molecule has 1 N–H and O–H groups in total. The Hall–Kier alpha value is -3.40. The summed E-state index contributed by atoms with van der Waals surface area (Å²) < 4.78 is 31.9. The number of benzene rings is 1. The molecule has 32 heavy (non-hydrogen) atoms. The minimum atomic E-state index is -3.84. The van der Waals surface area contributed by atoms with Gasteiger partial charge in [-0.2, -0.15) is 10.2 Å². The van der Waals surface area contributed by atoms with Crippen molar-refractivity contribution in [2.24, 2.45) is 13.0 Å². The molecule has 166 valence electrons. The Bertz CT molecular complexity index is 1370. The fraction of sp³-hybridized carbons (Fsp3) is 0.318. The first-order chi connectivity index (χ1) is 15.4. The summed E-state index contributed by atoms with van der Waals surface area (Å²) in [4.78, 5) is 6.79. The number of anilines is 2. The Kier molecular flexibility index (Phi) is 5.09. The van der Waals surface area contributed by atoms with E-state index in [4.69, 9.17) is 0 Å². The maximum Gasteiger partial charge on any atom is 0.265 e. The third-order valence-corrected chi connectivity index (χ3v) is 7.31. The van der Waals surface area contributed by atoms with Crippen molar-refractivity contribution >= 4 is 32.3 Å². The number of nitrogens with zero attached hydrogens (tertiary/aromatic N) is 6. The summed E-state index contributed by atoms with van der Waals surface area (Å²) in [6.45, 7) is 4.30. The number of rotatable bonds is 5. The molecule has 1 aromatic carbocycles. The van der Waals surface area contributed by atoms with Gasteiger partial charge in [-0.15, -0.1) is 0 Å². The molecular weight excluding hydrogens is 426 g/mol. The van der Waals surface area contributed by atoms with Crippen molar-refractivity contribution in [2.45, 2.75) is 24.7 Å². The zero-order valence-electron chi connectivity index (χ0n) is 18.0. The molecule has 3 aromatic heterocycles. The number of hydrogen-bond donors (Lipinski definition) is 1. The van der Waals surface area contributed by atoms with Crippen LogP contribution >= 0.6 is 0 Å². The van der Waals surface area contributed by atoms with Gasteiger partial charge in [-0.1, -0.05) is 19.1 Å². The Morgan fingerprint density at radius 1 is 1.09 bits per heavy atom. The number of hydrogen-bond acceptors (Lipinski definition) is 6. The highest BCUT2D eigenvalue weighted by Gasteiger charge is 2.20. The molecule has 0 atom stereocenters. The van der Waals surface area contributed by atoms with Gasteiger partial charge in [0.25, 0.3) is 10.0 Å². The summed E-state index contributed by atoms with van der Waals surface area (Å²) in [6, 6.07) is 9.33. The maximum atomic E-state index is 13.0. The Morgan fingerprint density at radius 3 is 2.72 bits per heavy atom. The van der Waals surface area contributed by atoms with E-state index in [2.05, 4.69) is 31.7 Å². The van der Waals surface area contributed by atoms with Crippen molar-refractivity contribution in [3.63, 3.8) is 0 Å². The lowest BCUT2D eigenvalue weighted by atomic mass is 9.99. The van der Waals surface area contributed by atoms with Crippen LogP contribution in [-0.2, 0) is 17.1 Å². The van der Waals surface area contributed by atoms with E-state index in [-0.39, 0.29) is 4.90 Å². The number of aromatic nitrogens is 5. The Labute approximate surface area is 186 Å². The SMILES string of the molecule is CC1CCN(c2ccnc(-n3cc(S(=O)(=O)Nc4cccc5cnn(C)c45)cn3)c2)CC1. The van der Waals surface area contributed by atoms with Crippen LogP contribution in [0.5, 0.6) is 0 Å². The lowest BCUT2D eigenvalue weighted by Crippen LogP contribution is -2.32. The Balaban J connectivity index is 1.41. The summed E-state index contributed by atoms with van der Waals surface area (Å²) in [5.41, 5.74) is 2.26. The van der Waals surface area contributed by atoms with Gasteiger partial charge < -0.3 is 4.90 Å². The van der Waals surface area contributed by atoms with E-state index in [1.165, 1.54) is 17.1 Å². The van der Waals surface area contributed by atoms with Crippen molar-refractivity contribution < 1.29 is 8.42 Å². The van der Waals surface area contributed by atoms with E-state index in [0.717, 1.165) is 42.9 Å². The number of sulfonamides is 1. The van der Waals surface area contributed by atoms with E-state index in [1.54, 1.807) is 36.3 Å². The molecule has 1 aliphatic heterocycles. The standard InChI is InChI=1S/C22H25N7O2S/c1-16-7-10-28(11-8-16)18-6-9-23-21(12-18)29-15-19(14-25-29)32(30,31)26-20-5-3-4-17-13-24-27(2)22(17)20/h3-6,9,12-16,26H,7-8,10-11H2,1-2H3. The second kappa shape index (κ2) is 7.94. The molecular formula is C22H25N7O2S. The first-order valence-corrected chi connectivity index (χ1v) is 12.1. The van der Waals surface area contributed by atoms with Crippen molar-refractivity contribution in [3.05, 3.63) is 55.1 Å². The lowest BCUT2D eigenvalue weighted by Gasteiger charge is -2.32. The molecule has 4 aromatic rings. The highest BCUT2D eigenvalue weighted by atomic mass is 32.2. The average Bonchev–Trinajstić information content (AvgIpc) is 3.43. The fourth-order valence-electron chi connectivity index (χ4n) is 4.09. The number of pyridine rings is 1. The summed E-state index contributed by atoms with van der Waals surface area (Å²) in [5, 5.41) is 9.33. The molecule has 0 amide bonds. The monoisotopic (exact) mass is 451 g/mol. The predicted molar refractivity (Wildman–Crippen MR) is 123 cm³/mol. The van der Waals surface area contributed by atoms with Gasteiger partial charge in [0.15, 0.2) is 5.82 Å². The minimum Gasteiger partial charge on any atom is -0.371 e. The van der Waals surface area contributed by atoms with Gasteiger partial charge in [0.05, 0.1) is 29.8 Å². The van der Waals surface area contributed by atoms with Gasteiger partial charge in [-0.05, 0) is 30.9 Å². The summed E-state index contributed by atoms with van der Waals surface area (Å²) >= 11 is 0. The van der Waals surface area contributed by atoms with Gasteiger partial charge in [-0.3, -0.25) is 9.40 Å². The molecule has 0 spiro atoms.